The van der Waals surface area contributed by atoms with E-state index in [0.717, 1.165) is 56.1 Å². The molecular formula is C26H25FN2O3S. The van der Waals surface area contributed by atoms with Crippen LogP contribution in [0.3, 0.4) is 0 Å². The van der Waals surface area contributed by atoms with Crippen LogP contribution in [0.25, 0.3) is 22.3 Å². The lowest BCUT2D eigenvalue weighted by atomic mass is 9.80. The number of fused-ring (bicyclic) bond motifs is 4. The van der Waals surface area contributed by atoms with Crippen LogP contribution in [0.1, 0.15) is 22.3 Å². The van der Waals surface area contributed by atoms with Crippen LogP contribution < -0.4 is 14.4 Å². The third-order valence-corrected chi connectivity index (χ3v) is 7.25. The summed E-state index contributed by atoms with van der Waals surface area (Å²) in [7, 11) is 0. The van der Waals surface area contributed by atoms with Crippen molar-refractivity contribution in [3.63, 3.8) is 0 Å². The molecule has 3 aromatic rings. The zero-order chi connectivity index (χ0) is 23.3. The third kappa shape index (κ3) is 3.51. The Labute approximate surface area is 196 Å². The van der Waals surface area contributed by atoms with Crippen molar-refractivity contribution >= 4 is 29.3 Å². The number of rotatable bonds is 4. The predicted octanol–water partition coefficient (Wildman–Crippen LogP) is 5.81. The summed E-state index contributed by atoms with van der Waals surface area (Å²) in [6.45, 7) is 5.81. The first-order chi connectivity index (χ1) is 15.9. The fourth-order valence-electron chi connectivity index (χ4n) is 5.09. The quantitative estimate of drug-likeness (QED) is 0.476. The monoisotopic (exact) mass is 464 g/mol. The van der Waals surface area contributed by atoms with Gasteiger partial charge in [0.25, 0.3) is 0 Å². The maximum Gasteiger partial charge on any atom is 0.307 e. The fraction of sp³-hybridized carbons (Fsp3) is 0.269. The van der Waals surface area contributed by atoms with Crippen LogP contribution in [0.2, 0.25) is 0 Å². The highest BCUT2D eigenvalue weighted by molar-refractivity contribution is 7.99. The molecule has 5 nitrogen and oxygen atoms in total. The molecule has 0 atom stereocenters. The van der Waals surface area contributed by atoms with Crippen LogP contribution in [-0.2, 0) is 17.8 Å². The smallest absolute Gasteiger partial charge is 0.307 e. The Morgan fingerprint density at radius 2 is 2.00 bits per heavy atom. The first-order valence-corrected chi connectivity index (χ1v) is 12.1. The van der Waals surface area contributed by atoms with Gasteiger partial charge in [0.15, 0.2) is 0 Å². The molecule has 0 aromatic heterocycles. The Morgan fingerprint density at radius 1 is 1.18 bits per heavy atom. The van der Waals surface area contributed by atoms with Crippen molar-refractivity contribution < 1.29 is 19.0 Å². The molecule has 5 rings (SSSR count). The maximum absolute atomic E-state index is 15.2. The molecule has 0 unspecified atom stereocenters. The number of benzene rings is 3. The second-order valence-corrected chi connectivity index (χ2v) is 9.18. The molecule has 2 aliphatic heterocycles. The number of nitrogens with zero attached hydrogens (tertiary/aromatic N) is 1. The molecule has 2 N–H and O–H groups in total. The molecule has 7 heteroatoms. The zero-order valence-corrected chi connectivity index (χ0v) is 19.6. The number of ether oxygens (including phenoxy) is 1. The van der Waals surface area contributed by atoms with Gasteiger partial charge in [-0.25, -0.2) is 4.39 Å². The second kappa shape index (κ2) is 8.30. The molecule has 0 aliphatic carbocycles. The van der Waals surface area contributed by atoms with Gasteiger partial charge in [-0.3, -0.25) is 4.79 Å². The predicted molar refractivity (Wildman–Crippen MR) is 132 cm³/mol. The average Bonchev–Trinajstić information content (AvgIpc) is 2.81. The SMILES string of the molecule is CSN1Cc2cccc(F)c2-c2c(C)c(-c3ccc4c(c3)NCCO4)c(CC(=O)O)c(C)c21. The topological polar surface area (TPSA) is 61.8 Å². The van der Waals surface area contributed by atoms with Crippen molar-refractivity contribution in [2.45, 2.75) is 26.8 Å². The number of hydrogen-bond donors (Lipinski definition) is 2. The van der Waals surface area contributed by atoms with Gasteiger partial charge in [0.2, 0.25) is 0 Å². The Kier molecular flexibility index (Phi) is 5.44. The maximum atomic E-state index is 15.2. The van der Waals surface area contributed by atoms with Gasteiger partial charge in [-0.2, -0.15) is 0 Å². The molecule has 170 valence electrons. The number of carbonyl (C=O) groups is 1. The molecule has 0 saturated heterocycles. The molecule has 0 spiro atoms. The zero-order valence-electron chi connectivity index (χ0n) is 18.8. The molecule has 2 aliphatic rings. The molecule has 0 amide bonds. The summed E-state index contributed by atoms with van der Waals surface area (Å²) >= 11 is 1.57. The van der Waals surface area contributed by atoms with E-state index in [1.165, 1.54) is 6.07 Å². The third-order valence-electron chi connectivity index (χ3n) is 6.50. The number of carboxylic acids is 1. The summed E-state index contributed by atoms with van der Waals surface area (Å²) in [4.78, 5) is 11.9. The fourth-order valence-corrected chi connectivity index (χ4v) is 5.77. The molecule has 0 radical (unpaired) electrons. The number of halogens is 1. The number of anilines is 2. The highest BCUT2D eigenvalue weighted by Gasteiger charge is 2.32. The molecular weight excluding hydrogens is 439 g/mol. The Morgan fingerprint density at radius 3 is 2.76 bits per heavy atom. The van der Waals surface area contributed by atoms with Crippen molar-refractivity contribution in [2.75, 3.05) is 29.0 Å². The minimum atomic E-state index is -0.892. The summed E-state index contributed by atoms with van der Waals surface area (Å²) in [5, 5.41) is 13.1. The van der Waals surface area contributed by atoms with E-state index in [1.54, 1.807) is 18.0 Å². The van der Waals surface area contributed by atoms with Crippen molar-refractivity contribution in [3.05, 3.63) is 64.5 Å². The van der Waals surface area contributed by atoms with Crippen molar-refractivity contribution in [3.8, 4) is 28.0 Å². The summed E-state index contributed by atoms with van der Waals surface area (Å²) in [6, 6.07) is 11.1. The highest BCUT2D eigenvalue weighted by atomic mass is 32.2. The molecule has 0 saturated carbocycles. The number of hydrogen-bond acceptors (Lipinski definition) is 5. The molecule has 2 heterocycles. The van der Waals surface area contributed by atoms with Crippen LogP contribution in [-0.4, -0.2) is 30.5 Å². The summed E-state index contributed by atoms with van der Waals surface area (Å²) in [5.41, 5.74) is 8.42. The van der Waals surface area contributed by atoms with E-state index >= 15 is 4.39 Å². The van der Waals surface area contributed by atoms with Gasteiger partial charge in [-0.05, 0) is 65.4 Å². The molecule has 3 aromatic carbocycles. The lowest BCUT2D eigenvalue weighted by molar-refractivity contribution is -0.136. The lowest BCUT2D eigenvalue weighted by Gasteiger charge is -2.36. The van der Waals surface area contributed by atoms with E-state index in [2.05, 4.69) is 9.62 Å². The number of nitrogens with one attached hydrogen (secondary N) is 1. The van der Waals surface area contributed by atoms with Crippen LogP contribution in [0, 0.1) is 19.7 Å². The minimum Gasteiger partial charge on any atom is -0.490 e. The van der Waals surface area contributed by atoms with E-state index in [9.17, 15) is 9.90 Å². The van der Waals surface area contributed by atoms with E-state index in [0.29, 0.717) is 25.3 Å². The lowest BCUT2D eigenvalue weighted by Crippen LogP contribution is -2.23. The minimum absolute atomic E-state index is 0.108. The Balaban J connectivity index is 1.85. The van der Waals surface area contributed by atoms with Gasteiger partial charge in [0, 0.05) is 23.9 Å². The van der Waals surface area contributed by atoms with E-state index in [4.69, 9.17) is 4.74 Å². The van der Waals surface area contributed by atoms with Crippen molar-refractivity contribution in [2.24, 2.45) is 0 Å². The van der Waals surface area contributed by atoms with Crippen LogP contribution in [0.15, 0.2) is 36.4 Å². The average molecular weight is 465 g/mol. The molecule has 0 fully saturated rings. The van der Waals surface area contributed by atoms with Crippen molar-refractivity contribution in [1.82, 2.24) is 0 Å². The summed E-state index contributed by atoms with van der Waals surface area (Å²) < 4.78 is 23.1. The number of carboxylic acid groups (broad SMARTS) is 1. The van der Waals surface area contributed by atoms with Gasteiger partial charge in [0.05, 0.1) is 24.3 Å². The molecule has 0 bridgehead atoms. The Hall–Kier alpha value is -3.19. The van der Waals surface area contributed by atoms with Gasteiger partial charge in [0.1, 0.15) is 18.2 Å². The van der Waals surface area contributed by atoms with Gasteiger partial charge >= 0.3 is 5.97 Å². The summed E-state index contributed by atoms with van der Waals surface area (Å²) in [6.07, 6.45) is 1.88. The van der Waals surface area contributed by atoms with Crippen LogP contribution in [0.5, 0.6) is 5.75 Å². The van der Waals surface area contributed by atoms with Gasteiger partial charge in [-0.15, -0.1) is 0 Å². The van der Waals surface area contributed by atoms with E-state index < -0.39 is 5.97 Å². The van der Waals surface area contributed by atoms with E-state index in [1.807, 2.05) is 44.4 Å². The largest absolute Gasteiger partial charge is 0.490 e. The Bertz CT molecular complexity index is 1290. The van der Waals surface area contributed by atoms with Crippen LogP contribution in [0.4, 0.5) is 15.8 Å². The first-order valence-electron chi connectivity index (χ1n) is 10.9. The standard InChI is InChI=1S/C26H25FN2O3S/c1-14-18(12-22(30)31)23(16-7-8-21-20(11-16)28-9-10-32-21)15(2)24-25-17(5-4-6-19(25)27)13-29(33-3)26(14)24/h4-8,11,28H,9-10,12-13H2,1-3H3,(H,30,31). The van der Waals surface area contributed by atoms with Gasteiger partial charge < -0.3 is 19.5 Å². The summed E-state index contributed by atoms with van der Waals surface area (Å²) in [5.74, 6) is -0.368. The van der Waals surface area contributed by atoms with E-state index in [-0.39, 0.29) is 12.2 Å². The number of aliphatic carboxylic acids is 1. The van der Waals surface area contributed by atoms with Crippen LogP contribution >= 0.6 is 11.9 Å². The van der Waals surface area contributed by atoms with Crippen molar-refractivity contribution in [1.29, 1.82) is 0 Å². The molecule has 33 heavy (non-hydrogen) atoms. The second-order valence-electron chi connectivity index (χ2n) is 8.38. The van der Waals surface area contributed by atoms with Gasteiger partial charge in [-0.1, -0.05) is 30.1 Å². The normalized spacial score (nSPS) is 14.0. The first kappa shape index (κ1) is 21.6. The highest BCUT2D eigenvalue weighted by Crippen LogP contribution is 2.51.